The third-order valence-electron chi connectivity index (χ3n) is 5.12. The number of nitrogens with zero attached hydrogens (tertiary/aromatic N) is 1. The van der Waals surface area contributed by atoms with Crippen molar-refractivity contribution in [1.29, 1.82) is 0 Å². The first-order valence-corrected chi connectivity index (χ1v) is 9.84. The number of carbonyl (C=O) groups is 1. The Bertz CT molecular complexity index is 802. The van der Waals surface area contributed by atoms with Crippen LogP contribution in [-0.4, -0.2) is 42.3 Å². The first-order valence-electron chi connectivity index (χ1n) is 9.84. The van der Waals surface area contributed by atoms with Crippen molar-refractivity contribution in [2.45, 2.75) is 38.3 Å². The third-order valence-corrected chi connectivity index (χ3v) is 5.12. The van der Waals surface area contributed by atoms with Gasteiger partial charge in [-0.15, -0.1) is 0 Å². The number of alkyl halides is 2. The molecule has 1 aliphatic carbocycles. The van der Waals surface area contributed by atoms with Crippen LogP contribution in [0.15, 0.2) is 48.5 Å². The van der Waals surface area contributed by atoms with Gasteiger partial charge in [0.05, 0.1) is 12.6 Å². The maximum absolute atomic E-state index is 12.8. The summed E-state index contributed by atoms with van der Waals surface area (Å²) in [6, 6.07) is 14.3. The smallest absolute Gasteiger partial charge is 0.387 e. The number of fused-ring (bicyclic) bond motifs is 1. The molecule has 2 aromatic carbocycles. The number of aryl methyl sites for hydroxylation is 1. The Kier molecular flexibility index (Phi) is 7.41. The number of hydrogen-bond acceptors (Lipinski definition) is 3. The van der Waals surface area contributed by atoms with E-state index in [0.29, 0.717) is 13.0 Å². The first-order chi connectivity index (χ1) is 14.1. The van der Waals surface area contributed by atoms with Gasteiger partial charge in [-0.3, -0.25) is 0 Å². The molecule has 0 saturated carbocycles. The van der Waals surface area contributed by atoms with Gasteiger partial charge in [-0.25, -0.2) is 4.79 Å². The lowest BCUT2D eigenvalue weighted by Crippen LogP contribution is -2.44. The largest absolute Gasteiger partial charge is 0.435 e. The predicted octanol–water partition coefficient (Wildman–Crippen LogP) is 3.91. The summed E-state index contributed by atoms with van der Waals surface area (Å²) in [7, 11) is 0. The van der Waals surface area contributed by atoms with E-state index >= 15 is 0 Å². The van der Waals surface area contributed by atoms with Gasteiger partial charge in [0.1, 0.15) is 5.75 Å². The van der Waals surface area contributed by atoms with Gasteiger partial charge in [-0.1, -0.05) is 36.4 Å². The molecular formula is C22H26F2N2O3. The van der Waals surface area contributed by atoms with Crippen LogP contribution in [0.1, 0.15) is 35.6 Å². The zero-order valence-electron chi connectivity index (χ0n) is 16.2. The molecule has 0 radical (unpaired) electrons. The molecule has 0 spiro atoms. The quantitative estimate of drug-likeness (QED) is 0.701. The number of carbonyl (C=O) groups excluding carboxylic acids is 1. The van der Waals surface area contributed by atoms with Crippen molar-refractivity contribution in [1.82, 2.24) is 10.2 Å². The van der Waals surface area contributed by atoms with Gasteiger partial charge in [0, 0.05) is 13.1 Å². The highest BCUT2D eigenvalue weighted by molar-refractivity contribution is 5.75. The molecule has 3 rings (SSSR count). The van der Waals surface area contributed by atoms with E-state index in [1.807, 2.05) is 30.3 Å². The van der Waals surface area contributed by atoms with Gasteiger partial charge >= 0.3 is 12.6 Å². The average Bonchev–Trinajstić information content (AvgIpc) is 2.71. The van der Waals surface area contributed by atoms with Gasteiger partial charge in [0.2, 0.25) is 0 Å². The zero-order chi connectivity index (χ0) is 20.6. The molecule has 7 heteroatoms. The summed E-state index contributed by atoms with van der Waals surface area (Å²) in [6.45, 7) is -2.22. The molecule has 156 valence electrons. The Labute approximate surface area is 169 Å². The fraction of sp³-hybridized carbons (Fsp3) is 0.409. The second-order valence-corrected chi connectivity index (χ2v) is 7.08. The molecule has 0 bridgehead atoms. The van der Waals surface area contributed by atoms with Crippen molar-refractivity contribution in [3.63, 3.8) is 0 Å². The highest BCUT2D eigenvalue weighted by atomic mass is 19.3. The maximum atomic E-state index is 12.8. The summed E-state index contributed by atoms with van der Waals surface area (Å²) in [5.74, 6) is 0.135. The number of hydrogen-bond donors (Lipinski definition) is 2. The van der Waals surface area contributed by atoms with E-state index < -0.39 is 6.61 Å². The molecule has 1 aliphatic rings. The SMILES string of the molecule is O=C(NC1CCCc2cc(OC(F)F)ccc21)N(CCO)CCc1ccccc1. The topological polar surface area (TPSA) is 61.8 Å². The fourth-order valence-corrected chi connectivity index (χ4v) is 3.70. The molecule has 0 heterocycles. The zero-order valence-corrected chi connectivity index (χ0v) is 16.2. The minimum Gasteiger partial charge on any atom is -0.435 e. The molecule has 2 N–H and O–H groups in total. The Morgan fingerprint density at radius 1 is 1.21 bits per heavy atom. The molecule has 29 heavy (non-hydrogen) atoms. The van der Waals surface area contributed by atoms with Gasteiger partial charge in [-0.2, -0.15) is 8.78 Å². The van der Waals surface area contributed by atoms with Crippen molar-refractivity contribution in [2.75, 3.05) is 19.7 Å². The maximum Gasteiger partial charge on any atom is 0.387 e. The van der Waals surface area contributed by atoms with Crippen LogP contribution in [-0.2, 0) is 12.8 Å². The molecule has 0 saturated heterocycles. The van der Waals surface area contributed by atoms with Gasteiger partial charge in [0.25, 0.3) is 0 Å². The fourth-order valence-electron chi connectivity index (χ4n) is 3.70. The summed E-state index contributed by atoms with van der Waals surface area (Å²) in [5.41, 5.74) is 2.97. The monoisotopic (exact) mass is 404 g/mol. The summed E-state index contributed by atoms with van der Waals surface area (Å²) in [5, 5.41) is 12.4. The van der Waals surface area contributed by atoms with Gasteiger partial charge in [-0.05, 0) is 54.5 Å². The summed E-state index contributed by atoms with van der Waals surface area (Å²) in [4.78, 5) is 14.4. The third kappa shape index (κ3) is 5.90. The van der Waals surface area contributed by atoms with Crippen LogP contribution in [0.5, 0.6) is 5.75 Å². The number of halogens is 2. The minimum atomic E-state index is -2.86. The van der Waals surface area contributed by atoms with Crippen LogP contribution in [0.4, 0.5) is 13.6 Å². The molecule has 1 unspecified atom stereocenters. The van der Waals surface area contributed by atoms with E-state index in [1.54, 1.807) is 17.0 Å². The second-order valence-electron chi connectivity index (χ2n) is 7.08. The van der Waals surface area contributed by atoms with Crippen molar-refractivity contribution in [3.8, 4) is 5.75 Å². The predicted molar refractivity (Wildman–Crippen MR) is 106 cm³/mol. The van der Waals surface area contributed by atoms with Gasteiger partial charge < -0.3 is 20.1 Å². The Morgan fingerprint density at radius 2 is 2.00 bits per heavy atom. The minimum absolute atomic E-state index is 0.113. The number of ether oxygens (including phenoxy) is 1. The van der Waals surface area contributed by atoms with E-state index in [0.717, 1.165) is 36.0 Å². The lowest BCUT2D eigenvalue weighted by atomic mass is 9.87. The molecule has 1 atom stereocenters. The lowest BCUT2D eigenvalue weighted by Gasteiger charge is -2.30. The number of nitrogens with one attached hydrogen (secondary N) is 1. The molecule has 0 aromatic heterocycles. The Balaban J connectivity index is 1.65. The highest BCUT2D eigenvalue weighted by Gasteiger charge is 2.24. The van der Waals surface area contributed by atoms with Gasteiger partial charge in [0.15, 0.2) is 0 Å². The van der Waals surface area contributed by atoms with E-state index in [2.05, 4.69) is 10.1 Å². The Morgan fingerprint density at radius 3 is 2.72 bits per heavy atom. The van der Waals surface area contributed by atoms with Crippen LogP contribution in [0.25, 0.3) is 0 Å². The van der Waals surface area contributed by atoms with Crippen LogP contribution in [0.3, 0.4) is 0 Å². The van der Waals surface area contributed by atoms with Crippen LogP contribution >= 0.6 is 0 Å². The van der Waals surface area contributed by atoms with Crippen LogP contribution in [0.2, 0.25) is 0 Å². The summed E-state index contributed by atoms with van der Waals surface area (Å²) in [6.07, 6.45) is 3.08. The first kappa shape index (κ1) is 21.0. The van der Waals surface area contributed by atoms with E-state index in [9.17, 15) is 18.7 Å². The number of benzene rings is 2. The second kappa shape index (κ2) is 10.2. The number of aliphatic hydroxyl groups excluding tert-OH is 1. The number of urea groups is 1. The van der Waals surface area contributed by atoms with Crippen molar-refractivity contribution in [2.24, 2.45) is 0 Å². The number of rotatable bonds is 8. The van der Waals surface area contributed by atoms with E-state index in [4.69, 9.17) is 0 Å². The normalized spacial score (nSPS) is 15.7. The number of aliphatic hydroxyl groups is 1. The van der Waals surface area contributed by atoms with E-state index in [1.165, 1.54) is 6.07 Å². The highest BCUT2D eigenvalue weighted by Crippen LogP contribution is 2.32. The van der Waals surface area contributed by atoms with E-state index in [-0.39, 0.29) is 31.0 Å². The van der Waals surface area contributed by atoms with Crippen LogP contribution < -0.4 is 10.1 Å². The van der Waals surface area contributed by atoms with Crippen molar-refractivity contribution >= 4 is 6.03 Å². The van der Waals surface area contributed by atoms with Crippen LogP contribution in [0, 0.1) is 0 Å². The number of amides is 2. The molecule has 0 aliphatic heterocycles. The molecule has 0 fully saturated rings. The Hall–Kier alpha value is -2.67. The molecule has 2 amide bonds. The average molecular weight is 404 g/mol. The van der Waals surface area contributed by atoms with Crippen molar-refractivity contribution in [3.05, 3.63) is 65.2 Å². The molecular weight excluding hydrogens is 378 g/mol. The molecule has 2 aromatic rings. The lowest BCUT2D eigenvalue weighted by molar-refractivity contribution is -0.0499. The molecule has 5 nitrogen and oxygen atoms in total. The standard InChI is InChI=1S/C22H26F2N2O3/c23-21(24)29-18-9-10-19-17(15-18)7-4-8-20(19)25-22(28)26(13-14-27)12-11-16-5-2-1-3-6-16/h1-3,5-6,9-10,15,20-21,27H,4,7-8,11-14H2,(H,25,28). The van der Waals surface area contributed by atoms with Crippen molar-refractivity contribution < 1.29 is 23.4 Å². The summed E-state index contributed by atoms with van der Waals surface area (Å²) < 4.78 is 29.4. The summed E-state index contributed by atoms with van der Waals surface area (Å²) >= 11 is 0.